The molecule has 0 saturated carbocycles. The minimum atomic E-state index is -0.421. The fourth-order valence-electron chi connectivity index (χ4n) is 2.37. The Hall–Kier alpha value is -1.58. The molecule has 1 aromatic carbocycles. The monoisotopic (exact) mass is 367 g/mol. The summed E-state index contributed by atoms with van der Waals surface area (Å²) in [5, 5.41) is 12.8. The van der Waals surface area contributed by atoms with E-state index in [9.17, 15) is 10.1 Å². The molecular formula is C17H19Cl2N3O2. The van der Waals surface area contributed by atoms with Gasteiger partial charge < -0.3 is 10.1 Å². The normalized spacial score (nSPS) is 15.8. The topological polar surface area (TPSA) is 65.4 Å². The van der Waals surface area contributed by atoms with Crippen LogP contribution in [0.3, 0.4) is 0 Å². The highest BCUT2D eigenvalue weighted by atomic mass is 35.5. The zero-order chi connectivity index (χ0) is 17.4. The number of amides is 1. The van der Waals surface area contributed by atoms with Crippen LogP contribution in [0.4, 0.5) is 0 Å². The van der Waals surface area contributed by atoms with E-state index < -0.39 is 5.91 Å². The predicted octanol–water partition coefficient (Wildman–Crippen LogP) is 2.74. The number of nitriles is 1. The van der Waals surface area contributed by atoms with Gasteiger partial charge in [0.1, 0.15) is 11.6 Å². The van der Waals surface area contributed by atoms with Crippen molar-refractivity contribution in [2.75, 3.05) is 39.4 Å². The third-order valence-electron chi connectivity index (χ3n) is 3.69. The van der Waals surface area contributed by atoms with Crippen LogP contribution in [-0.2, 0) is 9.53 Å². The van der Waals surface area contributed by atoms with Gasteiger partial charge in [-0.05, 0) is 31.2 Å². The molecule has 128 valence electrons. The Morgan fingerprint density at radius 2 is 2.00 bits per heavy atom. The molecule has 1 N–H and O–H groups in total. The van der Waals surface area contributed by atoms with Crippen molar-refractivity contribution in [1.29, 1.82) is 5.26 Å². The molecule has 1 aliphatic rings. The second kappa shape index (κ2) is 9.65. The molecule has 1 amide bonds. The van der Waals surface area contributed by atoms with Gasteiger partial charge in [0.25, 0.3) is 5.91 Å². The highest BCUT2D eigenvalue weighted by Gasteiger charge is 2.13. The summed E-state index contributed by atoms with van der Waals surface area (Å²) in [4.78, 5) is 14.4. The van der Waals surface area contributed by atoms with Crippen LogP contribution in [0.25, 0.3) is 6.08 Å². The highest BCUT2D eigenvalue weighted by molar-refractivity contribution is 6.37. The lowest BCUT2D eigenvalue weighted by Crippen LogP contribution is -2.38. The van der Waals surface area contributed by atoms with Crippen LogP contribution in [0.15, 0.2) is 23.8 Å². The van der Waals surface area contributed by atoms with Crippen LogP contribution in [0.2, 0.25) is 10.0 Å². The maximum absolute atomic E-state index is 12.1. The number of nitrogens with one attached hydrogen (secondary N) is 1. The summed E-state index contributed by atoms with van der Waals surface area (Å²) < 4.78 is 5.29. The van der Waals surface area contributed by atoms with Crippen molar-refractivity contribution < 1.29 is 9.53 Å². The Balaban J connectivity index is 1.87. The van der Waals surface area contributed by atoms with E-state index >= 15 is 0 Å². The summed E-state index contributed by atoms with van der Waals surface area (Å²) in [7, 11) is 0. The first-order valence-electron chi connectivity index (χ1n) is 7.76. The fraction of sp³-hybridized carbons (Fsp3) is 0.412. The summed E-state index contributed by atoms with van der Waals surface area (Å²) in [6, 6.07) is 6.93. The summed E-state index contributed by atoms with van der Waals surface area (Å²) in [5.74, 6) is -0.421. The first kappa shape index (κ1) is 18.8. The number of nitrogens with zero attached hydrogens (tertiary/aromatic N) is 2. The zero-order valence-corrected chi connectivity index (χ0v) is 14.7. The molecule has 0 atom stereocenters. The number of hydrogen-bond acceptors (Lipinski definition) is 4. The van der Waals surface area contributed by atoms with E-state index in [-0.39, 0.29) is 5.57 Å². The lowest BCUT2D eigenvalue weighted by atomic mass is 10.1. The number of rotatable bonds is 6. The van der Waals surface area contributed by atoms with E-state index in [0.717, 1.165) is 39.3 Å². The van der Waals surface area contributed by atoms with Crippen LogP contribution < -0.4 is 5.32 Å². The highest BCUT2D eigenvalue weighted by Crippen LogP contribution is 2.26. The van der Waals surface area contributed by atoms with Gasteiger partial charge in [-0.15, -0.1) is 0 Å². The third kappa shape index (κ3) is 5.50. The van der Waals surface area contributed by atoms with Gasteiger partial charge in [0.2, 0.25) is 0 Å². The summed E-state index contributed by atoms with van der Waals surface area (Å²) >= 11 is 12.1. The van der Waals surface area contributed by atoms with E-state index in [2.05, 4.69) is 10.2 Å². The molecule has 24 heavy (non-hydrogen) atoms. The van der Waals surface area contributed by atoms with Gasteiger partial charge in [-0.1, -0.05) is 29.3 Å². The molecule has 0 radical (unpaired) electrons. The quantitative estimate of drug-likeness (QED) is 0.476. The van der Waals surface area contributed by atoms with Gasteiger partial charge in [0, 0.05) is 35.2 Å². The molecule has 0 bridgehead atoms. The number of morpholine rings is 1. The molecule has 0 aliphatic carbocycles. The van der Waals surface area contributed by atoms with E-state index in [0.29, 0.717) is 22.2 Å². The summed E-state index contributed by atoms with van der Waals surface area (Å²) in [6.07, 6.45) is 2.24. The molecule has 1 fully saturated rings. The number of benzene rings is 1. The molecule has 2 rings (SSSR count). The van der Waals surface area contributed by atoms with Gasteiger partial charge >= 0.3 is 0 Å². The van der Waals surface area contributed by atoms with E-state index in [1.807, 2.05) is 6.07 Å². The Bertz CT molecular complexity index is 629. The van der Waals surface area contributed by atoms with Gasteiger partial charge in [0.15, 0.2) is 0 Å². The molecule has 1 heterocycles. The fourth-order valence-corrected chi connectivity index (χ4v) is 2.87. The van der Waals surface area contributed by atoms with Crippen LogP contribution >= 0.6 is 23.2 Å². The molecule has 0 unspecified atom stereocenters. The number of ether oxygens (including phenoxy) is 1. The van der Waals surface area contributed by atoms with Crippen molar-refractivity contribution in [3.8, 4) is 6.07 Å². The average molecular weight is 368 g/mol. The van der Waals surface area contributed by atoms with Crippen LogP contribution in [-0.4, -0.2) is 50.2 Å². The predicted molar refractivity (Wildman–Crippen MR) is 94.9 cm³/mol. The molecule has 0 aromatic heterocycles. The standard InChI is InChI=1S/C17H19Cl2N3O2/c18-15-3-1-4-16(19)14(15)11-13(12-20)17(23)21-5-2-6-22-7-9-24-10-8-22/h1,3-4,11H,2,5-10H2,(H,21,23)/b13-11-. The lowest BCUT2D eigenvalue weighted by molar-refractivity contribution is -0.117. The number of carbonyl (C=O) groups excluding carboxylic acids is 1. The van der Waals surface area contributed by atoms with Crippen molar-refractivity contribution in [2.45, 2.75) is 6.42 Å². The summed E-state index contributed by atoms with van der Waals surface area (Å²) in [5.41, 5.74) is 0.456. The summed E-state index contributed by atoms with van der Waals surface area (Å²) in [6.45, 7) is 4.75. The van der Waals surface area contributed by atoms with Crippen molar-refractivity contribution >= 4 is 35.2 Å². The Kier molecular flexibility index (Phi) is 7.54. The minimum Gasteiger partial charge on any atom is -0.379 e. The van der Waals surface area contributed by atoms with Crippen LogP contribution in [0.5, 0.6) is 0 Å². The first-order chi connectivity index (χ1) is 11.6. The van der Waals surface area contributed by atoms with Crippen molar-refractivity contribution in [3.63, 3.8) is 0 Å². The van der Waals surface area contributed by atoms with Gasteiger partial charge in [-0.3, -0.25) is 9.69 Å². The van der Waals surface area contributed by atoms with Gasteiger partial charge in [-0.25, -0.2) is 0 Å². The van der Waals surface area contributed by atoms with E-state index in [1.165, 1.54) is 6.08 Å². The lowest BCUT2D eigenvalue weighted by Gasteiger charge is -2.26. The van der Waals surface area contributed by atoms with Gasteiger partial charge in [0.05, 0.1) is 13.2 Å². The van der Waals surface area contributed by atoms with Crippen LogP contribution in [0, 0.1) is 11.3 Å². The second-order valence-corrected chi connectivity index (χ2v) is 6.18. The first-order valence-corrected chi connectivity index (χ1v) is 8.51. The maximum Gasteiger partial charge on any atom is 0.261 e. The maximum atomic E-state index is 12.1. The molecule has 1 saturated heterocycles. The minimum absolute atomic E-state index is 0.0172. The Morgan fingerprint density at radius 1 is 1.33 bits per heavy atom. The molecule has 1 aliphatic heterocycles. The largest absolute Gasteiger partial charge is 0.379 e. The zero-order valence-electron chi connectivity index (χ0n) is 13.2. The Morgan fingerprint density at radius 3 is 2.62 bits per heavy atom. The number of halogens is 2. The number of hydrogen-bond donors (Lipinski definition) is 1. The van der Waals surface area contributed by atoms with E-state index in [1.54, 1.807) is 18.2 Å². The molecule has 1 aromatic rings. The molecule has 5 nitrogen and oxygen atoms in total. The average Bonchev–Trinajstić information content (AvgIpc) is 2.59. The smallest absolute Gasteiger partial charge is 0.261 e. The van der Waals surface area contributed by atoms with E-state index in [4.69, 9.17) is 27.9 Å². The Labute approximate surface area is 151 Å². The van der Waals surface area contributed by atoms with Crippen molar-refractivity contribution in [3.05, 3.63) is 39.4 Å². The molecule has 0 spiro atoms. The number of carbonyl (C=O) groups is 1. The van der Waals surface area contributed by atoms with Crippen LogP contribution in [0.1, 0.15) is 12.0 Å². The second-order valence-electron chi connectivity index (χ2n) is 5.37. The molecule has 7 heteroatoms. The third-order valence-corrected chi connectivity index (χ3v) is 4.35. The SMILES string of the molecule is N#C/C(=C/c1c(Cl)cccc1Cl)C(=O)NCCCN1CCOCC1. The van der Waals surface area contributed by atoms with Crippen molar-refractivity contribution in [1.82, 2.24) is 10.2 Å². The van der Waals surface area contributed by atoms with Gasteiger partial charge in [-0.2, -0.15) is 5.26 Å². The molecular weight excluding hydrogens is 349 g/mol. The van der Waals surface area contributed by atoms with Crippen molar-refractivity contribution in [2.24, 2.45) is 0 Å².